The summed E-state index contributed by atoms with van der Waals surface area (Å²) in [5, 5.41) is 11.1. The molecule has 0 saturated carbocycles. The van der Waals surface area contributed by atoms with Crippen molar-refractivity contribution in [3.63, 3.8) is 0 Å². The second kappa shape index (κ2) is 14.9. The van der Waals surface area contributed by atoms with Crippen LogP contribution in [0.5, 0.6) is 11.5 Å². The van der Waals surface area contributed by atoms with Gasteiger partial charge in [0, 0.05) is 19.6 Å². The highest BCUT2D eigenvalue weighted by molar-refractivity contribution is 6.74. The van der Waals surface area contributed by atoms with E-state index in [0.717, 1.165) is 0 Å². The van der Waals surface area contributed by atoms with E-state index in [1.165, 1.54) is 14.2 Å². The molecule has 2 rings (SSSR count). The zero-order valence-corrected chi connectivity index (χ0v) is 27.7. The van der Waals surface area contributed by atoms with Crippen LogP contribution in [0.3, 0.4) is 0 Å². The van der Waals surface area contributed by atoms with Crippen LogP contribution in [0, 0.1) is 11.8 Å². The van der Waals surface area contributed by atoms with Gasteiger partial charge in [0.1, 0.15) is 29.3 Å². The first kappa shape index (κ1) is 35.1. The van der Waals surface area contributed by atoms with E-state index < -0.39 is 32.3 Å². The fourth-order valence-electron chi connectivity index (χ4n) is 4.49. The number of hydrogen-bond donors (Lipinski definition) is 1. The predicted octanol–water partition coefficient (Wildman–Crippen LogP) is 5.47. The van der Waals surface area contributed by atoms with Crippen molar-refractivity contribution in [1.82, 2.24) is 0 Å². The summed E-state index contributed by atoms with van der Waals surface area (Å²) in [6, 6.07) is 3.43. The highest BCUT2D eigenvalue weighted by Gasteiger charge is 2.44. The summed E-state index contributed by atoms with van der Waals surface area (Å²) in [4.78, 5) is 12.7. The molecule has 1 heterocycles. The van der Waals surface area contributed by atoms with Gasteiger partial charge in [-0.25, -0.2) is 4.79 Å². The number of hydrogen-bond acceptors (Lipinski definition) is 9. The number of rotatable bonds is 13. The highest BCUT2D eigenvalue weighted by atomic mass is 28.4. The summed E-state index contributed by atoms with van der Waals surface area (Å²) in [5.41, 5.74) is 1.04. The Morgan fingerprint density at radius 3 is 2.44 bits per heavy atom. The Labute approximate surface area is 247 Å². The normalized spacial score (nSPS) is 20.1. The van der Waals surface area contributed by atoms with Crippen LogP contribution >= 0.6 is 0 Å². The Hall–Kier alpha value is -2.13. The van der Waals surface area contributed by atoms with Gasteiger partial charge >= 0.3 is 5.97 Å². The summed E-state index contributed by atoms with van der Waals surface area (Å²) in [5.74, 6) is 5.57. The van der Waals surface area contributed by atoms with Gasteiger partial charge in [0.2, 0.25) is 0 Å². The van der Waals surface area contributed by atoms with Gasteiger partial charge in [-0.1, -0.05) is 32.6 Å². The van der Waals surface area contributed by atoms with E-state index in [0.29, 0.717) is 48.3 Å². The second-order valence-electron chi connectivity index (χ2n) is 12.4. The molecule has 1 N–H and O–H groups in total. The molecule has 41 heavy (non-hydrogen) atoms. The summed E-state index contributed by atoms with van der Waals surface area (Å²) in [7, 11) is 2.48. The Morgan fingerprint density at radius 1 is 1.17 bits per heavy atom. The van der Waals surface area contributed by atoms with E-state index in [1.807, 2.05) is 20.8 Å². The SMILES string of the molecule is COCOc1cc(OC)cc(CCC[C@@H]2OC(C)(C)O[C@@H]2C(O)C#CC[C@H](C)O[Si](C)(C)C(C)(C)C)c1C(=O)OC. The van der Waals surface area contributed by atoms with Crippen LogP contribution in [0.25, 0.3) is 0 Å². The predicted molar refractivity (Wildman–Crippen MR) is 160 cm³/mol. The third-order valence-corrected chi connectivity index (χ3v) is 12.1. The van der Waals surface area contributed by atoms with E-state index in [-0.39, 0.29) is 24.0 Å². The van der Waals surface area contributed by atoms with Gasteiger partial charge in [-0.15, -0.1) is 0 Å². The lowest BCUT2D eigenvalue weighted by atomic mass is 9.97. The zero-order valence-electron chi connectivity index (χ0n) is 26.7. The lowest BCUT2D eigenvalue weighted by molar-refractivity contribution is -0.152. The lowest BCUT2D eigenvalue weighted by Crippen LogP contribution is -2.43. The molecule has 0 aliphatic carbocycles. The van der Waals surface area contributed by atoms with Crippen LogP contribution in [0.1, 0.15) is 76.7 Å². The molecule has 4 atom stereocenters. The van der Waals surface area contributed by atoms with Crippen LogP contribution in [0.15, 0.2) is 12.1 Å². The number of benzene rings is 1. The third-order valence-electron chi connectivity index (χ3n) is 7.52. The molecule has 10 heteroatoms. The van der Waals surface area contributed by atoms with E-state index in [9.17, 15) is 9.90 Å². The maximum absolute atomic E-state index is 12.7. The van der Waals surface area contributed by atoms with Crippen LogP contribution in [-0.2, 0) is 29.8 Å². The molecule has 0 bridgehead atoms. The molecule has 1 aliphatic rings. The highest BCUT2D eigenvalue weighted by Crippen LogP contribution is 2.38. The minimum absolute atomic E-state index is 0.0271. The molecule has 1 unspecified atom stereocenters. The fraction of sp³-hybridized carbons (Fsp3) is 0.710. The molecular weight excluding hydrogens is 544 g/mol. The summed E-state index contributed by atoms with van der Waals surface area (Å²) >= 11 is 0. The average molecular weight is 595 g/mol. The molecule has 0 aromatic heterocycles. The van der Waals surface area contributed by atoms with E-state index >= 15 is 0 Å². The number of aliphatic hydroxyl groups excluding tert-OH is 1. The first-order valence-electron chi connectivity index (χ1n) is 14.2. The van der Waals surface area contributed by atoms with Gasteiger partial charge in [0.15, 0.2) is 20.9 Å². The van der Waals surface area contributed by atoms with E-state index in [4.69, 9.17) is 32.8 Å². The zero-order chi connectivity index (χ0) is 31.0. The van der Waals surface area contributed by atoms with Gasteiger partial charge in [-0.3, -0.25) is 0 Å². The molecule has 1 aliphatic heterocycles. The van der Waals surface area contributed by atoms with E-state index in [2.05, 4.69) is 45.7 Å². The summed E-state index contributed by atoms with van der Waals surface area (Å²) in [6.45, 7) is 16.7. The number of methoxy groups -OCH3 is 3. The van der Waals surface area contributed by atoms with Crippen LogP contribution in [0.2, 0.25) is 18.1 Å². The van der Waals surface area contributed by atoms with Crippen molar-refractivity contribution in [3.8, 4) is 23.3 Å². The molecule has 1 aromatic carbocycles. The topological polar surface area (TPSA) is 102 Å². The molecule has 0 amide bonds. The number of aryl methyl sites for hydroxylation is 1. The monoisotopic (exact) mass is 594 g/mol. The Bertz CT molecular complexity index is 1070. The third kappa shape index (κ3) is 9.98. The Morgan fingerprint density at radius 2 is 1.85 bits per heavy atom. The molecule has 0 radical (unpaired) electrons. The molecule has 0 spiro atoms. The minimum atomic E-state index is -1.90. The van der Waals surface area contributed by atoms with Gasteiger partial charge in [-0.2, -0.15) is 0 Å². The molecule has 9 nitrogen and oxygen atoms in total. The average Bonchev–Trinajstić information content (AvgIpc) is 3.19. The number of ether oxygens (including phenoxy) is 6. The van der Waals surface area contributed by atoms with Crippen molar-refractivity contribution >= 4 is 14.3 Å². The van der Waals surface area contributed by atoms with Crippen molar-refractivity contribution in [1.29, 1.82) is 0 Å². The molecule has 1 saturated heterocycles. The van der Waals surface area contributed by atoms with Crippen LogP contribution < -0.4 is 9.47 Å². The maximum Gasteiger partial charge on any atom is 0.341 e. The Kier molecular flexibility index (Phi) is 12.7. The summed E-state index contributed by atoms with van der Waals surface area (Å²) in [6.07, 6.45) is 0.202. The van der Waals surface area contributed by atoms with Crippen molar-refractivity contribution in [3.05, 3.63) is 23.3 Å². The standard InChI is InChI=1S/C31H50O9Si/c1-21(40-41(10,11)30(2,3)4)14-12-16-24(32)28-25(38-31(5,6)39-28)17-13-15-22-18-23(35-8)19-26(37-20-34-7)27(22)29(33)36-9/h18-19,21,24-25,28,32H,13-15,17,20H2,1-11H3/t21-,24?,25-,28+/m0/s1. The first-order valence-corrected chi connectivity index (χ1v) is 17.1. The molecule has 1 aromatic rings. The van der Waals surface area contributed by atoms with Crippen molar-refractivity contribution in [2.24, 2.45) is 0 Å². The number of carbonyl (C=O) groups is 1. The summed E-state index contributed by atoms with van der Waals surface area (Å²) < 4.78 is 39.7. The van der Waals surface area contributed by atoms with Crippen molar-refractivity contribution in [2.75, 3.05) is 28.1 Å². The van der Waals surface area contributed by atoms with Gasteiger partial charge in [0.25, 0.3) is 0 Å². The van der Waals surface area contributed by atoms with Crippen molar-refractivity contribution < 1.29 is 42.7 Å². The first-order chi connectivity index (χ1) is 19.0. The van der Waals surface area contributed by atoms with Gasteiger partial charge in [-0.05, 0) is 69.8 Å². The largest absolute Gasteiger partial charge is 0.497 e. The number of esters is 1. The molecule has 1 fully saturated rings. The van der Waals surface area contributed by atoms with Crippen LogP contribution in [0.4, 0.5) is 0 Å². The minimum Gasteiger partial charge on any atom is -0.497 e. The maximum atomic E-state index is 12.7. The molecule has 232 valence electrons. The van der Waals surface area contributed by atoms with Crippen molar-refractivity contribution in [2.45, 2.75) is 116 Å². The quantitative estimate of drug-likeness (QED) is 0.138. The number of aliphatic hydroxyl groups is 1. The second-order valence-corrected chi connectivity index (χ2v) is 17.1. The van der Waals surface area contributed by atoms with Crippen LogP contribution in [-0.4, -0.2) is 77.7 Å². The lowest BCUT2D eigenvalue weighted by Gasteiger charge is -2.38. The van der Waals surface area contributed by atoms with Gasteiger partial charge in [0.05, 0.1) is 26.4 Å². The Balaban J connectivity index is 2.12. The smallest absolute Gasteiger partial charge is 0.341 e. The van der Waals surface area contributed by atoms with E-state index in [1.54, 1.807) is 19.2 Å². The van der Waals surface area contributed by atoms with Gasteiger partial charge < -0.3 is 38.0 Å². The fourth-order valence-corrected chi connectivity index (χ4v) is 5.93. The number of carbonyl (C=O) groups excluding carboxylic acids is 1. The molecular formula is C31H50O9Si.